The summed E-state index contributed by atoms with van der Waals surface area (Å²) >= 11 is 0. The summed E-state index contributed by atoms with van der Waals surface area (Å²) in [4.78, 5) is 14.3. The Bertz CT molecular complexity index is 898. The van der Waals surface area contributed by atoms with Gasteiger partial charge < -0.3 is 14.2 Å². The molecule has 2 heterocycles. The minimum absolute atomic E-state index is 0.135. The summed E-state index contributed by atoms with van der Waals surface area (Å²) in [5, 5.41) is 12.3. The Hall–Kier alpha value is -3.16. The van der Waals surface area contributed by atoms with Crippen molar-refractivity contribution >= 4 is 5.91 Å². The molecule has 0 atom stereocenters. The summed E-state index contributed by atoms with van der Waals surface area (Å²) in [6, 6.07) is 7.75. The lowest BCUT2D eigenvalue weighted by molar-refractivity contribution is 0.0779. The van der Waals surface area contributed by atoms with Gasteiger partial charge in [0.1, 0.15) is 17.8 Å². The van der Waals surface area contributed by atoms with Gasteiger partial charge in [-0.05, 0) is 26.0 Å². The average Bonchev–Trinajstić information content (AvgIpc) is 3.30. The quantitative estimate of drug-likeness (QED) is 0.679. The van der Waals surface area contributed by atoms with Gasteiger partial charge in [0, 0.05) is 19.3 Å². The van der Waals surface area contributed by atoms with Crippen LogP contribution >= 0.6 is 0 Å². The Labute approximate surface area is 152 Å². The lowest BCUT2D eigenvalue weighted by Gasteiger charge is -2.17. The van der Waals surface area contributed by atoms with Crippen LogP contribution < -0.4 is 4.74 Å². The van der Waals surface area contributed by atoms with Crippen LogP contribution in [-0.2, 0) is 6.54 Å². The summed E-state index contributed by atoms with van der Waals surface area (Å²) < 4.78 is 8.93. The number of para-hydroxylation sites is 2. The van der Waals surface area contributed by atoms with Gasteiger partial charge >= 0.3 is 0 Å². The number of ether oxygens (including phenoxy) is 1. The first-order valence-corrected chi connectivity index (χ1v) is 8.33. The van der Waals surface area contributed by atoms with Crippen LogP contribution in [0.25, 0.3) is 5.69 Å². The first kappa shape index (κ1) is 17.7. The SMILES string of the molecule is COc1ccccc1-n1cc(C(=O)N(C)Cc2nncn2C(C)C)cn1. The maximum absolute atomic E-state index is 12.7. The molecule has 0 saturated heterocycles. The predicted octanol–water partition coefficient (Wildman–Crippen LogP) is 2.33. The molecule has 3 aromatic rings. The highest BCUT2D eigenvalue weighted by Crippen LogP contribution is 2.22. The Balaban J connectivity index is 1.78. The number of benzene rings is 1. The van der Waals surface area contributed by atoms with Crippen molar-refractivity contribution in [3.63, 3.8) is 0 Å². The molecule has 2 aromatic heterocycles. The van der Waals surface area contributed by atoms with Gasteiger partial charge in [-0.15, -0.1) is 10.2 Å². The Morgan fingerprint density at radius 3 is 2.81 bits per heavy atom. The molecule has 0 aliphatic heterocycles. The van der Waals surface area contributed by atoms with Gasteiger partial charge in [0.25, 0.3) is 5.91 Å². The minimum Gasteiger partial charge on any atom is -0.494 e. The van der Waals surface area contributed by atoms with Crippen LogP contribution in [0.4, 0.5) is 0 Å². The van der Waals surface area contributed by atoms with Gasteiger partial charge in [-0.3, -0.25) is 4.79 Å². The second-order valence-electron chi connectivity index (χ2n) is 6.25. The van der Waals surface area contributed by atoms with Crippen molar-refractivity contribution in [1.29, 1.82) is 0 Å². The first-order chi connectivity index (χ1) is 12.5. The van der Waals surface area contributed by atoms with Crippen molar-refractivity contribution in [2.75, 3.05) is 14.2 Å². The van der Waals surface area contributed by atoms with Crippen molar-refractivity contribution in [2.24, 2.45) is 0 Å². The van der Waals surface area contributed by atoms with E-state index in [0.717, 1.165) is 11.5 Å². The van der Waals surface area contributed by atoms with E-state index in [2.05, 4.69) is 15.3 Å². The van der Waals surface area contributed by atoms with Crippen LogP contribution in [0.5, 0.6) is 5.75 Å². The topological polar surface area (TPSA) is 78.1 Å². The number of hydrogen-bond acceptors (Lipinski definition) is 5. The van der Waals surface area contributed by atoms with E-state index in [9.17, 15) is 4.79 Å². The molecular formula is C18H22N6O2. The van der Waals surface area contributed by atoms with Crippen molar-refractivity contribution in [3.8, 4) is 11.4 Å². The number of aromatic nitrogens is 5. The number of amides is 1. The molecule has 1 amide bonds. The zero-order valence-corrected chi connectivity index (χ0v) is 15.3. The summed E-state index contributed by atoms with van der Waals surface area (Å²) in [5.74, 6) is 1.30. The van der Waals surface area contributed by atoms with Crippen LogP contribution in [0, 0.1) is 0 Å². The van der Waals surface area contributed by atoms with Crippen molar-refractivity contribution in [3.05, 3.63) is 54.4 Å². The third-order valence-corrected chi connectivity index (χ3v) is 4.09. The summed E-state index contributed by atoms with van der Waals surface area (Å²) in [6.07, 6.45) is 4.93. The molecule has 0 bridgehead atoms. The van der Waals surface area contributed by atoms with Crippen LogP contribution in [0.3, 0.4) is 0 Å². The zero-order chi connectivity index (χ0) is 18.7. The van der Waals surface area contributed by atoms with E-state index in [1.165, 1.54) is 0 Å². The fourth-order valence-corrected chi connectivity index (χ4v) is 2.70. The number of carbonyl (C=O) groups is 1. The molecule has 8 nitrogen and oxygen atoms in total. The van der Waals surface area contributed by atoms with E-state index < -0.39 is 0 Å². The van der Waals surface area contributed by atoms with Crippen LogP contribution in [0.1, 0.15) is 36.1 Å². The van der Waals surface area contributed by atoms with E-state index >= 15 is 0 Å². The second kappa shape index (κ2) is 7.38. The van der Waals surface area contributed by atoms with Crippen molar-refractivity contribution in [2.45, 2.75) is 26.4 Å². The van der Waals surface area contributed by atoms with E-state index in [1.54, 1.807) is 42.5 Å². The summed E-state index contributed by atoms with van der Waals surface area (Å²) in [5.41, 5.74) is 1.27. The van der Waals surface area contributed by atoms with Crippen molar-refractivity contribution < 1.29 is 9.53 Å². The maximum Gasteiger partial charge on any atom is 0.257 e. The van der Waals surface area contributed by atoms with Gasteiger partial charge in [0.05, 0.1) is 25.4 Å². The monoisotopic (exact) mass is 354 g/mol. The molecule has 0 N–H and O–H groups in total. The molecule has 0 spiro atoms. The number of methoxy groups -OCH3 is 1. The van der Waals surface area contributed by atoms with Crippen LogP contribution in [0.15, 0.2) is 43.0 Å². The number of carbonyl (C=O) groups excluding carboxylic acids is 1. The molecular weight excluding hydrogens is 332 g/mol. The van der Waals surface area contributed by atoms with E-state index in [-0.39, 0.29) is 11.9 Å². The lowest BCUT2D eigenvalue weighted by Crippen LogP contribution is -2.27. The fraction of sp³-hybridized carbons (Fsp3) is 0.333. The average molecular weight is 354 g/mol. The smallest absolute Gasteiger partial charge is 0.257 e. The molecule has 26 heavy (non-hydrogen) atoms. The van der Waals surface area contributed by atoms with Crippen molar-refractivity contribution in [1.82, 2.24) is 29.4 Å². The lowest BCUT2D eigenvalue weighted by atomic mass is 10.3. The van der Waals surface area contributed by atoms with Gasteiger partial charge in [-0.25, -0.2) is 4.68 Å². The highest BCUT2D eigenvalue weighted by Gasteiger charge is 2.18. The minimum atomic E-state index is -0.135. The normalized spacial score (nSPS) is 11.0. The van der Waals surface area contributed by atoms with Gasteiger partial charge in [-0.2, -0.15) is 5.10 Å². The molecule has 0 unspecified atom stereocenters. The highest BCUT2D eigenvalue weighted by molar-refractivity contribution is 5.93. The molecule has 0 aliphatic carbocycles. The second-order valence-corrected chi connectivity index (χ2v) is 6.25. The van der Waals surface area contributed by atoms with Gasteiger partial charge in [0.2, 0.25) is 0 Å². The van der Waals surface area contributed by atoms with Gasteiger partial charge in [-0.1, -0.05) is 12.1 Å². The first-order valence-electron chi connectivity index (χ1n) is 8.33. The third kappa shape index (κ3) is 3.44. The van der Waals surface area contributed by atoms with E-state index in [4.69, 9.17) is 4.74 Å². The zero-order valence-electron chi connectivity index (χ0n) is 15.3. The van der Waals surface area contributed by atoms with Crippen LogP contribution in [0.2, 0.25) is 0 Å². The summed E-state index contributed by atoms with van der Waals surface area (Å²) in [6.45, 7) is 4.47. The molecule has 136 valence electrons. The highest BCUT2D eigenvalue weighted by atomic mass is 16.5. The summed E-state index contributed by atoms with van der Waals surface area (Å²) in [7, 11) is 3.34. The Morgan fingerprint density at radius 2 is 2.08 bits per heavy atom. The molecule has 1 aromatic carbocycles. The molecule has 3 rings (SSSR count). The number of nitrogens with zero attached hydrogens (tertiary/aromatic N) is 6. The number of rotatable bonds is 6. The van der Waals surface area contributed by atoms with Gasteiger partial charge in [0.15, 0.2) is 5.82 Å². The standard InChI is InChI=1S/C18H22N6O2/c1-13(2)23-12-19-21-17(23)11-22(3)18(25)14-9-20-24(10-14)15-7-5-6-8-16(15)26-4/h5-10,12-13H,11H2,1-4H3. The largest absolute Gasteiger partial charge is 0.494 e. The number of hydrogen-bond donors (Lipinski definition) is 0. The van der Waals surface area contributed by atoms with Crippen LogP contribution in [-0.4, -0.2) is 49.5 Å². The molecule has 0 radical (unpaired) electrons. The molecule has 0 fully saturated rings. The third-order valence-electron chi connectivity index (χ3n) is 4.09. The Kier molecular flexibility index (Phi) is 5.01. The molecule has 8 heteroatoms. The fourth-order valence-electron chi connectivity index (χ4n) is 2.70. The van der Waals surface area contributed by atoms with E-state index in [0.29, 0.717) is 17.9 Å². The molecule has 0 saturated carbocycles. The molecule has 0 aliphatic rings. The Morgan fingerprint density at radius 1 is 1.31 bits per heavy atom. The maximum atomic E-state index is 12.7. The van der Waals surface area contributed by atoms with E-state index in [1.807, 2.05) is 42.7 Å². The predicted molar refractivity (Wildman–Crippen MR) is 96.3 cm³/mol.